The molecule has 0 saturated carbocycles. The normalized spacial score (nSPS) is 16.0. The van der Waals surface area contributed by atoms with E-state index in [1.807, 2.05) is 0 Å². The van der Waals surface area contributed by atoms with Gasteiger partial charge in [0.05, 0.1) is 9.82 Å². The van der Waals surface area contributed by atoms with Crippen molar-refractivity contribution in [3.8, 4) is 5.75 Å². The SMILES string of the molecule is O=[N+]([O-])c1cccc(S(=O)(=O)N2CCN(CCOc3cccc(F)c3)CC2)c1. The summed E-state index contributed by atoms with van der Waals surface area (Å²) in [6, 6.07) is 11.0. The minimum Gasteiger partial charge on any atom is -0.492 e. The summed E-state index contributed by atoms with van der Waals surface area (Å²) in [6.07, 6.45) is 0. The molecule has 0 amide bonds. The lowest BCUT2D eigenvalue weighted by Gasteiger charge is -2.33. The second-order valence-corrected chi connectivity index (χ2v) is 8.24. The van der Waals surface area contributed by atoms with Crippen molar-refractivity contribution >= 4 is 15.7 Å². The minimum absolute atomic E-state index is 0.0791. The van der Waals surface area contributed by atoms with Gasteiger partial charge in [-0.15, -0.1) is 0 Å². The van der Waals surface area contributed by atoms with Crippen LogP contribution in [0.4, 0.5) is 10.1 Å². The molecule has 8 nitrogen and oxygen atoms in total. The van der Waals surface area contributed by atoms with Crippen molar-refractivity contribution in [2.75, 3.05) is 39.3 Å². The van der Waals surface area contributed by atoms with E-state index in [0.717, 1.165) is 6.07 Å². The average molecular weight is 409 g/mol. The molecule has 0 atom stereocenters. The molecule has 1 saturated heterocycles. The third-order valence-electron chi connectivity index (χ3n) is 4.47. The van der Waals surface area contributed by atoms with Crippen molar-refractivity contribution in [3.63, 3.8) is 0 Å². The molecule has 10 heteroatoms. The highest BCUT2D eigenvalue weighted by Gasteiger charge is 2.29. The summed E-state index contributed by atoms with van der Waals surface area (Å²) in [7, 11) is -3.78. The molecule has 28 heavy (non-hydrogen) atoms. The molecule has 1 aliphatic rings. The van der Waals surface area contributed by atoms with Gasteiger partial charge in [-0.1, -0.05) is 12.1 Å². The number of ether oxygens (including phenoxy) is 1. The molecule has 2 aromatic rings. The Bertz CT molecular complexity index is 946. The minimum atomic E-state index is -3.78. The molecular formula is C18H20FN3O5S. The van der Waals surface area contributed by atoms with Gasteiger partial charge in [0.15, 0.2) is 0 Å². The number of nitrogens with zero attached hydrogens (tertiary/aromatic N) is 3. The molecule has 0 bridgehead atoms. The first-order valence-electron chi connectivity index (χ1n) is 8.71. The number of nitro groups is 1. The number of piperazine rings is 1. The molecule has 0 aromatic heterocycles. The van der Waals surface area contributed by atoms with Crippen molar-refractivity contribution in [3.05, 3.63) is 64.5 Å². The second-order valence-electron chi connectivity index (χ2n) is 6.31. The molecule has 0 aliphatic carbocycles. The van der Waals surface area contributed by atoms with Gasteiger partial charge < -0.3 is 4.74 Å². The summed E-state index contributed by atoms with van der Waals surface area (Å²) < 4.78 is 45.4. The van der Waals surface area contributed by atoms with Gasteiger partial charge in [-0.05, 0) is 18.2 Å². The van der Waals surface area contributed by atoms with Crippen molar-refractivity contribution < 1.29 is 22.5 Å². The van der Waals surface area contributed by atoms with Gasteiger partial charge in [-0.2, -0.15) is 4.31 Å². The molecule has 0 spiro atoms. The maximum absolute atomic E-state index is 13.1. The van der Waals surface area contributed by atoms with E-state index in [9.17, 15) is 22.9 Å². The zero-order valence-electron chi connectivity index (χ0n) is 15.0. The van der Waals surface area contributed by atoms with E-state index in [2.05, 4.69) is 4.90 Å². The van der Waals surface area contributed by atoms with Crippen LogP contribution in [0.25, 0.3) is 0 Å². The van der Waals surface area contributed by atoms with Gasteiger partial charge in [0.2, 0.25) is 10.0 Å². The Morgan fingerprint density at radius 3 is 2.46 bits per heavy atom. The number of benzene rings is 2. The molecule has 3 rings (SSSR count). The van der Waals surface area contributed by atoms with Crippen LogP contribution in [0.3, 0.4) is 0 Å². The number of sulfonamides is 1. The van der Waals surface area contributed by atoms with Gasteiger partial charge in [0.25, 0.3) is 5.69 Å². The third kappa shape index (κ3) is 4.83. The highest BCUT2D eigenvalue weighted by Crippen LogP contribution is 2.22. The van der Waals surface area contributed by atoms with Crippen LogP contribution >= 0.6 is 0 Å². The zero-order valence-corrected chi connectivity index (χ0v) is 15.8. The number of halogens is 1. The number of hydrogen-bond donors (Lipinski definition) is 0. The quantitative estimate of drug-likeness (QED) is 0.514. The molecular weight excluding hydrogens is 389 g/mol. The van der Waals surface area contributed by atoms with Gasteiger partial charge in [0.1, 0.15) is 18.2 Å². The van der Waals surface area contributed by atoms with E-state index >= 15 is 0 Å². The standard InChI is InChI=1S/C18H20FN3O5S/c19-15-3-1-5-17(13-15)27-12-11-20-7-9-21(10-8-20)28(25,26)18-6-2-4-16(14-18)22(23)24/h1-6,13-14H,7-12H2. The predicted molar refractivity (Wildman–Crippen MR) is 100 cm³/mol. The lowest BCUT2D eigenvalue weighted by Crippen LogP contribution is -2.49. The number of nitro benzene ring substituents is 1. The largest absolute Gasteiger partial charge is 0.492 e. The Labute approximate surface area is 162 Å². The Kier molecular flexibility index (Phi) is 6.22. The third-order valence-corrected chi connectivity index (χ3v) is 6.36. The highest BCUT2D eigenvalue weighted by molar-refractivity contribution is 7.89. The summed E-state index contributed by atoms with van der Waals surface area (Å²) >= 11 is 0. The maximum atomic E-state index is 13.1. The lowest BCUT2D eigenvalue weighted by atomic mass is 10.3. The van der Waals surface area contributed by atoms with Crippen LogP contribution in [0.5, 0.6) is 5.75 Å². The van der Waals surface area contributed by atoms with E-state index in [1.165, 1.54) is 34.6 Å². The van der Waals surface area contributed by atoms with Gasteiger partial charge in [-0.3, -0.25) is 15.0 Å². The Morgan fingerprint density at radius 2 is 1.79 bits per heavy atom. The first-order chi connectivity index (χ1) is 13.4. The van der Waals surface area contributed by atoms with E-state index in [4.69, 9.17) is 4.74 Å². The van der Waals surface area contributed by atoms with Crippen LogP contribution in [0.1, 0.15) is 0 Å². The predicted octanol–water partition coefficient (Wildman–Crippen LogP) is 2.12. The number of non-ortho nitro benzene ring substituents is 1. The molecule has 150 valence electrons. The first-order valence-corrected chi connectivity index (χ1v) is 10.2. The fourth-order valence-electron chi connectivity index (χ4n) is 2.95. The zero-order chi connectivity index (χ0) is 20.1. The van der Waals surface area contributed by atoms with Crippen LogP contribution < -0.4 is 4.74 Å². The summed E-state index contributed by atoms with van der Waals surface area (Å²) in [5, 5.41) is 10.9. The summed E-state index contributed by atoms with van der Waals surface area (Å²) in [5.74, 6) is 0.0874. The Morgan fingerprint density at radius 1 is 1.07 bits per heavy atom. The highest BCUT2D eigenvalue weighted by atomic mass is 32.2. The molecule has 1 fully saturated rings. The van der Waals surface area contributed by atoms with Crippen molar-refractivity contribution in [2.24, 2.45) is 0 Å². The summed E-state index contributed by atoms with van der Waals surface area (Å²) in [6.45, 7) is 2.54. The first kappa shape index (κ1) is 20.2. The molecule has 1 aliphatic heterocycles. The fraction of sp³-hybridized carbons (Fsp3) is 0.333. The topological polar surface area (TPSA) is 93.0 Å². The Balaban J connectivity index is 1.53. The van der Waals surface area contributed by atoms with Crippen LogP contribution in [0, 0.1) is 15.9 Å². The molecule has 0 unspecified atom stereocenters. The van der Waals surface area contributed by atoms with Crippen LogP contribution in [-0.2, 0) is 10.0 Å². The van der Waals surface area contributed by atoms with Gasteiger partial charge >= 0.3 is 0 Å². The lowest BCUT2D eigenvalue weighted by molar-refractivity contribution is -0.385. The fourth-order valence-corrected chi connectivity index (χ4v) is 4.41. The number of rotatable bonds is 7. The van der Waals surface area contributed by atoms with Crippen molar-refractivity contribution in [2.45, 2.75) is 4.90 Å². The van der Waals surface area contributed by atoms with Crippen molar-refractivity contribution in [1.82, 2.24) is 9.21 Å². The van der Waals surface area contributed by atoms with E-state index < -0.39 is 14.9 Å². The average Bonchev–Trinajstić information content (AvgIpc) is 2.68. The van der Waals surface area contributed by atoms with Gasteiger partial charge in [0, 0.05) is 50.9 Å². The van der Waals surface area contributed by atoms with Gasteiger partial charge in [-0.25, -0.2) is 12.8 Å². The molecule has 1 heterocycles. The monoisotopic (exact) mass is 409 g/mol. The van der Waals surface area contributed by atoms with Crippen molar-refractivity contribution in [1.29, 1.82) is 0 Å². The molecule has 2 aromatic carbocycles. The molecule has 0 N–H and O–H groups in total. The summed E-state index contributed by atoms with van der Waals surface area (Å²) in [4.78, 5) is 12.2. The van der Waals surface area contributed by atoms with E-state index in [-0.39, 0.29) is 29.5 Å². The smallest absolute Gasteiger partial charge is 0.270 e. The second kappa shape index (κ2) is 8.63. The van der Waals surface area contributed by atoms with E-state index in [1.54, 1.807) is 12.1 Å². The number of hydrogen-bond acceptors (Lipinski definition) is 6. The van der Waals surface area contributed by atoms with E-state index in [0.29, 0.717) is 32.0 Å². The molecule has 0 radical (unpaired) electrons. The van der Waals surface area contributed by atoms with Crippen LogP contribution in [0.2, 0.25) is 0 Å². The Hall–Kier alpha value is -2.56. The van der Waals surface area contributed by atoms with Crippen LogP contribution in [0.15, 0.2) is 53.4 Å². The maximum Gasteiger partial charge on any atom is 0.270 e. The van der Waals surface area contributed by atoms with Crippen LogP contribution in [-0.4, -0.2) is 61.9 Å². The summed E-state index contributed by atoms with van der Waals surface area (Å²) in [5.41, 5.74) is -0.255.